The zero-order chi connectivity index (χ0) is 22.7. The van der Waals surface area contributed by atoms with E-state index in [0.717, 1.165) is 29.0 Å². The van der Waals surface area contributed by atoms with Gasteiger partial charge < -0.3 is 10.6 Å². The van der Waals surface area contributed by atoms with Gasteiger partial charge in [-0.25, -0.2) is 4.99 Å². The molecule has 1 aromatic heterocycles. The van der Waals surface area contributed by atoms with E-state index < -0.39 is 5.79 Å². The molecule has 0 radical (unpaired) electrons. The Labute approximate surface area is 192 Å². The van der Waals surface area contributed by atoms with E-state index in [0.29, 0.717) is 23.4 Å². The third-order valence-electron chi connectivity index (χ3n) is 7.13. The number of carbonyl (C=O) groups is 1. The van der Waals surface area contributed by atoms with E-state index in [1.54, 1.807) is 0 Å². The first kappa shape index (κ1) is 20.2. The smallest absolute Gasteiger partial charge is 0.251 e. The summed E-state index contributed by atoms with van der Waals surface area (Å²) in [6.07, 6.45) is 5.40. The van der Waals surface area contributed by atoms with Gasteiger partial charge in [-0.2, -0.15) is 10.1 Å². The van der Waals surface area contributed by atoms with Crippen molar-refractivity contribution >= 4 is 28.3 Å². The van der Waals surface area contributed by atoms with E-state index in [9.17, 15) is 4.79 Å². The molecule has 0 saturated heterocycles. The molecular weight excluding hydrogens is 414 g/mol. The topological polar surface area (TPSA) is 97.4 Å². The molecule has 3 atom stereocenters. The van der Waals surface area contributed by atoms with Crippen LogP contribution < -0.4 is 16.1 Å². The van der Waals surface area contributed by atoms with Crippen LogP contribution >= 0.6 is 0 Å². The lowest BCUT2D eigenvalue weighted by Crippen LogP contribution is -2.50. The molecule has 170 valence electrons. The minimum atomic E-state index is -0.658. The van der Waals surface area contributed by atoms with Crippen molar-refractivity contribution in [3.63, 3.8) is 0 Å². The third kappa shape index (κ3) is 3.64. The number of fused-ring (bicyclic) bond motifs is 1. The van der Waals surface area contributed by atoms with Crippen LogP contribution in [0.25, 0.3) is 10.9 Å². The number of H-pyrrole nitrogens is 1. The largest absolute Gasteiger partial charge is 0.349 e. The molecule has 6 rings (SSSR count). The summed E-state index contributed by atoms with van der Waals surface area (Å²) in [4.78, 5) is 17.4. The predicted octanol–water partition coefficient (Wildman–Crippen LogP) is 3.56. The van der Waals surface area contributed by atoms with Crippen molar-refractivity contribution in [3.8, 4) is 0 Å². The van der Waals surface area contributed by atoms with Crippen molar-refractivity contribution in [2.75, 3.05) is 12.4 Å². The number of amidine groups is 1. The lowest BCUT2D eigenvalue weighted by molar-refractivity contribution is 0.0949. The van der Waals surface area contributed by atoms with Gasteiger partial charge in [-0.15, -0.1) is 0 Å². The molecule has 2 heterocycles. The molecule has 8 heteroatoms. The standard InChI is InChI=1S/C25H29N7O/c1-14-12-21(14)27-24(33)17-8-6-16(7-9-17)23-29-25(2,32(3)31-23)28-20-11-10-19-18(13-26-30-19)22(20)15-4-5-15/h6-11,13-15,21,28H,4-5,12H2,1-3H3,(H,26,30)(H,27,33)(H,29,31). The summed E-state index contributed by atoms with van der Waals surface area (Å²) in [7, 11) is 1.98. The normalized spacial score (nSPS) is 26.7. The molecule has 2 fully saturated rings. The minimum absolute atomic E-state index is 0.0110. The van der Waals surface area contributed by atoms with Gasteiger partial charge in [0, 0.05) is 35.3 Å². The Morgan fingerprint density at radius 2 is 1.94 bits per heavy atom. The van der Waals surface area contributed by atoms with Crippen LogP contribution in [0.1, 0.15) is 60.5 Å². The monoisotopic (exact) mass is 443 g/mol. The number of benzene rings is 2. The van der Waals surface area contributed by atoms with Crippen molar-refractivity contribution < 1.29 is 4.79 Å². The van der Waals surface area contributed by atoms with Crippen molar-refractivity contribution in [1.82, 2.24) is 25.9 Å². The SMILES string of the molecule is CC1CC1NC(=O)c1ccc(C2=NC(C)(Nc3ccc4[nH]ncc4c3C3CC3)N(C)N2)cc1. The maximum absolute atomic E-state index is 12.4. The maximum Gasteiger partial charge on any atom is 0.251 e. The number of aromatic amines is 1. The fraction of sp³-hybridized carbons (Fsp3) is 0.400. The molecule has 2 aliphatic carbocycles. The lowest BCUT2D eigenvalue weighted by Gasteiger charge is -2.31. The molecule has 3 unspecified atom stereocenters. The molecule has 33 heavy (non-hydrogen) atoms. The average molecular weight is 444 g/mol. The molecule has 8 nitrogen and oxygen atoms in total. The van der Waals surface area contributed by atoms with Crippen molar-refractivity contribution in [3.05, 3.63) is 59.3 Å². The Kier molecular flexibility index (Phi) is 4.48. The first-order chi connectivity index (χ1) is 15.9. The molecule has 2 saturated carbocycles. The summed E-state index contributed by atoms with van der Waals surface area (Å²) in [5.41, 5.74) is 8.47. The van der Waals surface area contributed by atoms with Crippen molar-refractivity contribution in [2.24, 2.45) is 10.9 Å². The zero-order valence-electron chi connectivity index (χ0n) is 19.1. The summed E-state index contributed by atoms with van der Waals surface area (Å²) in [5, 5.41) is 17.2. The summed E-state index contributed by atoms with van der Waals surface area (Å²) in [6.45, 7) is 4.21. The summed E-state index contributed by atoms with van der Waals surface area (Å²) in [6, 6.07) is 12.1. The molecule has 1 amide bonds. The number of nitrogens with one attached hydrogen (secondary N) is 4. The molecule has 1 aliphatic heterocycles. The second-order valence-electron chi connectivity index (χ2n) is 9.78. The van der Waals surface area contributed by atoms with E-state index in [1.165, 1.54) is 23.8 Å². The first-order valence-corrected chi connectivity index (χ1v) is 11.7. The number of amides is 1. The Morgan fingerprint density at radius 1 is 1.18 bits per heavy atom. The van der Waals surface area contributed by atoms with Gasteiger partial charge in [-0.1, -0.05) is 19.1 Å². The van der Waals surface area contributed by atoms with Crippen LogP contribution in [0.2, 0.25) is 0 Å². The van der Waals surface area contributed by atoms with Crippen LogP contribution in [-0.2, 0) is 0 Å². The average Bonchev–Trinajstić information content (AvgIpc) is 3.68. The quantitative estimate of drug-likeness (QED) is 0.467. The van der Waals surface area contributed by atoms with E-state index in [2.05, 4.69) is 52.2 Å². The van der Waals surface area contributed by atoms with Gasteiger partial charge in [-0.05, 0) is 67.9 Å². The van der Waals surface area contributed by atoms with Crippen LogP contribution in [0.4, 0.5) is 5.69 Å². The van der Waals surface area contributed by atoms with E-state index >= 15 is 0 Å². The summed E-state index contributed by atoms with van der Waals surface area (Å²) >= 11 is 0. The second-order valence-corrected chi connectivity index (χ2v) is 9.78. The van der Waals surface area contributed by atoms with Crippen LogP contribution in [0, 0.1) is 5.92 Å². The molecule has 3 aliphatic rings. The van der Waals surface area contributed by atoms with E-state index in [4.69, 9.17) is 4.99 Å². The van der Waals surface area contributed by atoms with E-state index in [1.807, 2.05) is 42.5 Å². The highest BCUT2D eigenvalue weighted by atomic mass is 16.1. The predicted molar refractivity (Wildman–Crippen MR) is 129 cm³/mol. The Balaban J connectivity index is 1.24. The van der Waals surface area contributed by atoms with E-state index in [-0.39, 0.29) is 5.91 Å². The number of anilines is 1. The lowest BCUT2D eigenvalue weighted by atomic mass is 10.0. The number of hydrazine groups is 1. The summed E-state index contributed by atoms with van der Waals surface area (Å²) < 4.78 is 0. The highest BCUT2D eigenvalue weighted by Gasteiger charge is 2.38. The number of aliphatic imine (C=N–C) groups is 1. The zero-order valence-corrected chi connectivity index (χ0v) is 19.1. The third-order valence-corrected chi connectivity index (χ3v) is 7.13. The molecular formula is C25H29N7O. The fourth-order valence-corrected chi connectivity index (χ4v) is 4.60. The maximum atomic E-state index is 12.4. The van der Waals surface area contributed by atoms with Gasteiger partial charge >= 0.3 is 0 Å². The first-order valence-electron chi connectivity index (χ1n) is 11.7. The Morgan fingerprint density at radius 3 is 2.64 bits per heavy atom. The van der Waals surface area contributed by atoms with Gasteiger partial charge in [0.25, 0.3) is 5.91 Å². The highest BCUT2D eigenvalue weighted by molar-refractivity contribution is 6.01. The molecule has 2 aromatic carbocycles. The molecule has 0 spiro atoms. The fourth-order valence-electron chi connectivity index (χ4n) is 4.60. The van der Waals surface area contributed by atoms with Crippen LogP contribution in [0.15, 0.2) is 47.6 Å². The van der Waals surface area contributed by atoms with Crippen LogP contribution in [0.3, 0.4) is 0 Å². The van der Waals surface area contributed by atoms with Gasteiger partial charge in [0.05, 0.1) is 11.7 Å². The number of carbonyl (C=O) groups excluding carboxylic acids is 1. The number of rotatable bonds is 6. The van der Waals surface area contributed by atoms with Crippen LogP contribution in [-0.4, -0.2) is 45.8 Å². The van der Waals surface area contributed by atoms with Gasteiger partial charge in [0.15, 0.2) is 0 Å². The number of aromatic nitrogens is 2. The number of nitrogens with zero attached hydrogens (tertiary/aromatic N) is 3. The van der Waals surface area contributed by atoms with Gasteiger partial charge in [0.2, 0.25) is 5.79 Å². The molecule has 4 N–H and O–H groups in total. The Hall–Kier alpha value is -3.39. The Bertz CT molecular complexity index is 1260. The van der Waals surface area contributed by atoms with Crippen LogP contribution in [0.5, 0.6) is 0 Å². The summed E-state index contributed by atoms with van der Waals surface area (Å²) in [5.74, 6) is 1.25. The molecule has 0 bridgehead atoms. The number of hydrogen-bond donors (Lipinski definition) is 4. The van der Waals surface area contributed by atoms with Gasteiger partial charge in [0.1, 0.15) is 5.84 Å². The minimum Gasteiger partial charge on any atom is -0.349 e. The molecule has 3 aromatic rings. The highest BCUT2D eigenvalue weighted by Crippen LogP contribution is 2.47. The van der Waals surface area contributed by atoms with Crippen molar-refractivity contribution in [2.45, 2.75) is 50.9 Å². The van der Waals surface area contributed by atoms with Crippen molar-refractivity contribution in [1.29, 1.82) is 0 Å². The second kappa shape index (κ2) is 7.31. The van der Waals surface area contributed by atoms with Gasteiger partial charge in [-0.3, -0.25) is 15.3 Å². The number of hydrogen-bond acceptors (Lipinski definition) is 6.